The standard InChI is InChI=1S/C66H81N17O17P2S/c1-38-59(48(33-97-102(93,94)103)99-65(38)81-31-41-16-12-22-67-60-55(41)61(81)72-34-71-60)100-101(92)96-32-47-46(84)26-54(98-47)82-36-73-57-62(82)74-35-79(64(57)91)23-24-95-37-75-51(87)28-70-63(90)44(25-39-13-6-5-7-14-39)76-52(88)29-69-50(86)27-68-49(85)20-21-53(89)80-30-40-15-8-9-17-42(40)58-56(43-18-10-11-19-45(43)80)77-78-83(58)66(2,3)4/h5-8,10-11,13-15,18-19,31,34-36,38,44,46-48,54,59,65,84,101H,9,12,16-17,20-30,32-33,37H2,1-4H3,(H,68,85)(H,69,86)(H,70,90)(H,75,87)(H,76,88)(H,67,71,72)(H2,93,94,103)/t38-,44+,46+,47-,48-,54-,59+,65-/m1/s1. The molecule has 6 amide bonds. The Morgan fingerprint density at radius 2 is 1.64 bits per heavy atom. The zero-order chi connectivity index (χ0) is 72.7. The molecular formula is C66H81N17O17P2S. The summed E-state index contributed by atoms with van der Waals surface area (Å²) >= 11 is 3.64. The maximum Gasteiger partial charge on any atom is 0.383 e. The fraction of sp³-hybridized carbons (Fsp3) is 0.470. The van der Waals surface area contributed by atoms with Gasteiger partial charge in [0.2, 0.25) is 35.4 Å². The molecule has 2 saturated heterocycles. The molecule has 0 radical (unpaired) electrons. The van der Waals surface area contributed by atoms with Crippen molar-refractivity contribution in [2.75, 3.05) is 69.5 Å². The zero-order valence-electron chi connectivity index (χ0n) is 56.8. The monoisotopic (exact) mass is 1480 g/mol. The largest absolute Gasteiger partial charge is 0.390 e. The van der Waals surface area contributed by atoms with Gasteiger partial charge in [-0.15, -0.1) is 5.10 Å². The summed E-state index contributed by atoms with van der Waals surface area (Å²) in [6.45, 7) is 2.02. The van der Waals surface area contributed by atoms with Crippen molar-refractivity contribution < 1.29 is 75.7 Å². The van der Waals surface area contributed by atoms with Gasteiger partial charge in [-0.3, -0.25) is 51.8 Å². The molecule has 10 atom stereocenters. The SMILES string of the molecule is C[C@@H]1[C@H](O[PH](=O)OC[C@H]2O[C@@H](n3cnc4c(=O)n(CCOCNC(=O)CNC(=O)[C@H](Cc5ccccc5)NC(=O)CNC(=O)CNC(=O)CCC(=O)N5CC6=C(CCC=C6)c6c(nnn6C(C)(C)C)-c6ccccc65)cnc43)C[C@@H]2O)[C@@H](COP(=O)(O)S)O[C@H]1n1cc2c3c(ncnc31)NCCC2. The van der Waals surface area contributed by atoms with E-state index >= 15 is 0 Å². The number of ether oxygens (including phenoxy) is 3. The van der Waals surface area contributed by atoms with Crippen LogP contribution in [0.3, 0.4) is 0 Å². The smallest absolute Gasteiger partial charge is 0.383 e. The van der Waals surface area contributed by atoms with Crippen molar-refractivity contribution >= 4 is 102 Å². The van der Waals surface area contributed by atoms with E-state index < -0.39 is 125 Å². The van der Waals surface area contributed by atoms with Gasteiger partial charge in [0.15, 0.2) is 11.2 Å². The number of imidazole rings is 1. The summed E-state index contributed by atoms with van der Waals surface area (Å²) < 4.78 is 67.0. The minimum atomic E-state index is -4.26. The van der Waals surface area contributed by atoms with E-state index in [1.807, 2.05) is 52.7 Å². The second-order valence-corrected chi connectivity index (χ2v) is 30.2. The number of aliphatic hydroxyl groups is 1. The van der Waals surface area contributed by atoms with E-state index in [2.05, 4.69) is 101 Å². The number of anilines is 2. The Balaban J connectivity index is 0.561. The predicted octanol–water partition coefficient (Wildman–Crippen LogP) is 3.53. The van der Waals surface area contributed by atoms with Crippen molar-refractivity contribution in [2.24, 2.45) is 5.92 Å². The molecule has 9 heterocycles. The molecule has 7 aromatic rings. The Morgan fingerprint density at radius 3 is 2.45 bits per heavy atom. The average Bonchev–Trinajstić information content (AvgIpc) is 1.72. The topological polar surface area (TPSA) is 422 Å². The maximum atomic E-state index is 14.1. The van der Waals surface area contributed by atoms with E-state index in [0.717, 1.165) is 65.6 Å². The first-order valence-electron chi connectivity index (χ1n) is 33.7. The molecule has 4 aliphatic heterocycles. The van der Waals surface area contributed by atoms with Gasteiger partial charge in [0.1, 0.15) is 73.4 Å². The van der Waals surface area contributed by atoms with Crippen LogP contribution in [0.15, 0.2) is 102 Å². The third-order valence-electron chi connectivity index (χ3n) is 18.2. The molecule has 2 aromatic carbocycles. The van der Waals surface area contributed by atoms with Gasteiger partial charge in [-0.2, -0.15) is 0 Å². The maximum absolute atomic E-state index is 14.1. The van der Waals surface area contributed by atoms with Crippen LogP contribution >= 0.6 is 27.3 Å². The fourth-order valence-electron chi connectivity index (χ4n) is 13.1. The molecule has 0 bridgehead atoms. The number of nitrogens with zero attached hydrogens (tertiary/aromatic N) is 11. The number of thiol groups is 1. The van der Waals surface area contributed by atoms with Crippen LogP contribution in [0.2, 0.25) is 0 Å². The van der Waals surface area contributed by atoms with Crippen molar-refractivity contribution in [2.45, 2.75) is 134 Å². The molecule has 103 heavy (non-hydrogen) atoms. The summed E-state index contributed by atoms with van der Waals surface area (Å²) in [5.41, 5.74) is 6.52. The van der Waals surface area contributed by atoms with E-state index in [-0.39, 0.29) is 81.3 Å². The van der Waals surface area contributed by atoms with Crippen LogP contribution in [-0.2, 0) is 90.6 Å². The van der Waals surface area contributed by atoms with Gasteiger partial charge >= 0.3 is 15.1 Å². The van der Waals surface area contributed by atoms with Crippen molar-refractivity contribution in [3.8, 4) is 11.3 Å². The lowest BCUT2D eigenvalue weighted by molar-refractivity contribution is -0.131. The van der Waals surface area contributed by atoms with E-state index in [0.29, 0.717) is 28.4 Å². The Morgan fingerprint density at radius 1 is 0.874 bits per heavy atom. The Kier molecular flexibility index (Phi) is 23.3. The molecule has 0 spiro atoms. The van der Waals surface area contributed by atoms with Gasteiger partial charge in [0.05, 0.1) is 87.3 Å². The van der Waals surface area contributed by atoms with Crippen LogP contribution in [0.4, 0.5) is 11.5 Å². The van der Waals surface area contributed by atoms with Crippen LogP contribution in [0.5, 0.6) is 0 Å². The molecule has 5 aliphatic rings. The summed E-state index contributed by atoms with van der Waals surface area (Å²) in [4.78, 5) is 122. The predicted molar refractivity (Wildman–Crippen MR) is 376 cm³/mol. The molecule has 0 saturated carbocycles. The number of fused-ring (bicyclic) bond motifs is 5. The number of rotatable bonds is 28. The molecule has 2 fully saturated rings. The number of carbonyl (C=O) groups is 6. The Labute approximate surface area is 595 Å². The van der Waals surface area contributed by atoms with Crippen molar-refractivity contribution in [3.05, 3.63) is 125 Å². The van der Waals surface area contributed by atoms with Gasteiger partial charge in [-0.25, -0.2) is 29.2 Å². The molecular weight excluding hydrogens is 1400 g/mol. The second-order valence-electron chi connectivity index (χ2n) is 26.4. The second kappa shape index (κ2) is 32.4. The lowest BCUT2D eigenvalue weighted by atomic mass is 9.89. The minimum absolute atomic E-state index is 0.00596. The third-order valence-corrected chi connectivity index (χ3v) is 19.9. The van der Waals surface area contributed by atoms with Crippen LogP contribution in [0.1, 0.15) is 95.5 Å². The van der Waals surface area contributed by atoms with Crippen LogP contribution in [0, 0.1) is 5.92 Å². The van der Waals surface area contributed by atoms with Crippen LogP contribution < -0.4 is 42.4 Å². The summed E-state index contributed by atoms with van der Waals surface area (Å²) in [6, 6.07) is 15.1. The van der Waals surface area contributed by atoms with Crippen molar-refractivity contribution in [1.29, 1.82) is 0 Å². The molecule has 5 aromatic heterocycles. The number of para-hydroxylation sites is 1. The highest BCUT2D eigenvalue weighted by molar-refractivity contribution is 8.44. The quantitative estimate of drug-likeness (QED) is 0.0147. The molecule has 34 nitrogen and oxygen atoms in total. The summed E-state index contributed by atoms with van der Waals surface area (Å²) in [7, 11) is -3.35. The summed E-state index contributed by atoms with van der Waals surface area (Å²) in [6.07, 6.45) is 7.27. The van der Waals surface area contributed by atoms with E-state index in [1.165, 1.54) is 28.1 Å². The number of nitrogens with one attached hydrogen (secondary N) is 6. The zero-order valence-corrected chi connectivity index (χ0v) is 59.6. The van der Waals surface area contributed by atoms with Gasteiger partial charge in [-0.1, -0.05) is 85.1 Å². The molecule has 2 unspecified atom stereocenters. The molecule has 37 heteroatoms. The average molecular weight is 1480 g/mol. The number of allylic oxidation sites excluding steroid dienone is 2. The first-order valence-corrected chi connectivity index (χ1v) is 37.7. The number of aliphatic hydroxyl groups excluding tert-OH is 1. The summed E-state index contributed by atoms with van der Waals surface area (Å²) in [5.74, 6) is -3.47. The number of aryl methyl sites for hydroxylation is 1. The van der Waals surface area contributed by atoms with Gasteiger partial charge in [0, 0.05) is 49.9 Å². The molecule has 12 rings (SSSR count). The van der Waals surface area contributed by atoms with E-state index in [9.17, 15) is 52.7 Å². The van der Waals surface area contributed by atoms with E-state index in [1.54, 1.807) is 35.2 Å². The summed E-state index contributed by atoms with van der Waals surface area (Å²) in [5, 5.41) is 37.0. The van der Waals surface area contributed by atoms with Crippen LogP contribution in [-0.4, -0.2) is 184 Å². The number of aromatic nitrogens is 10. The number of benzene rings is 2. The number of amides is 6. The first-order chi connectivity index (χ1) is 49.5. The van der Waals surface area contributed by atoms with Gasteiger partial charge in [-0.05, 0) is 74.8 Å². The van der Waals surface area contributed by atoms with Gasteiger partial charge in [0.25, 0.3) is 5.56 Å². The number of hydrogen-bond acceptors (Lipinski definition) is 23. The Hall–Kier alpha value is -8.86. The van der Waals surface area contributed by atoms with E-state index in [4.69, 9.17) is 27.8 Å². The van der Waals surface area contributed by atoms with Crippen molar-refractivity contribution in [1.82, 2.24) is 75.2 Å². The lowest BCUT2D eigenvalue weighted by Gasteiger charge is -2.31. The van der Waals surface area contributed by atoms with Gasteiger partial charge < -0.3 is 74.6 Å². The highest BCUT2D eigenvalue weighted by atomic mass is 32.7. The molecule has 8 N–H and O–H groups in total. The lowest BCUT2D eigenvalue weighted by Crippen LogP contribution is -2.52. The number of hydrogen-bond donors (Lipinski definition) is 9. The molecule has 1 aliphatic carbocycles. The fourth-order valence-corrected chi connectivity index (χ4v) is 14.6. The Bertz CT molecular complexity index is 4530. The number of carbonyl (C=O) groups excluding carboxylic acids is 6. The minimum Gasteiger partial charge on any atom is -0.390 e. The normalized spacial score (nSPS) is 21.2. The molecule has 548 valence electrons. The highest BCUT2D eigenvalue weighted by Gasteiger charge is 2.47. The van der Waals surface area contributed by atoms with Crippen molar-refractivity contribution in [3.63, 3.8) is 0 Å². The highest BCUT2D eigenvalue weighted by Crippen LogP contribution is 2.50. The van der Waals surface area contributed by atoms with Crippen LogP contribution in [0.25, 0.3) is 39.0 Å². The third kappa shape index (κ3) is 17.5. The first kappa shape index (κ1) is 73.9.